The van der Waals surface area contributed by atoms with E-state index in [1.165, 1.54) is 25.0 Å². The first-order chi connectivity index (χ1) is 8.31. The highest BCUT2D eigenvalue weighted by atomic mass is 32.1. The molecule has 0 saturated carbocycles. The molecule has 1 aromatic carbocycles. The van der Waals surface area contributed by atoms with Gasteiger partial charge >= 0.3 is 5.97 Å². The third kappa shape index (κ3) is 2.79. The van der Waals surface area contributed by atoms with E-state index in [0.29, 0.717) is 5.13 Å². The van der Waals surface area contributed by atoms with Crippen molar-refractivity contribution in [2.45, 2.75) is 6.04 Å². The summed E-state index contributed by atoms with van der Waals surface area (Å²) in [4.78, 5) is 15.7. The second-order valence-corrected chi connectivity index (χ2v) is 4.04. The lowest BCUT2D eigenvalue weighted by atomic mass is 10.1. The number of aromatic nitrogens is 2. The van der Waals surface area contributed by atoms with Gasteiger partial charge in [0.15, 0.2) is 6.04 Å². The highest BCUT2D eigenvalue weighted by Gasteiger charge is 2.21. The minimum absolute atomic E-state index is 0.355. The van der Waals surface area contributed by atoms with Crippen LogP contribution in [-0.2, 0) is 9.53 Å². The highest BCUT2D eigenvalue weighted by Crippen LogP contribution is 2.20. The van der Waals surface area contributed by atoms with Gasteiger partial charge in [-0.3, -0.25) is 0 Å². The van der Waals surface area contributed by atoms with Gasteiger partial charge in [0.05, 0.1) is 7.11 Å². The van der Waals surface area contributed by atoms with Gasteiger partial charge in [0.25, 0.3) is 0 Å². The molecule has 1 unspecified atom stereocenters. The molecule has 1 heterocycles. The molecule has 6 heteroatoms. The molecule has 0 aliphatic heterocycles. The monoisotopic (exact) mass is 249 g/mol. The van der Waals surface area contributed by atoms with Crippen LogP contribution in [-0.4, -0.2) is 22.4 Å². The van der Waals surface area contributed by atoms with Gasteiger partial charge in [-0.15, -0.1) is 0 Å². The molecule has 5 nitrogen and oxygen atoms in total. The Balaban J connectivity index is 2.23. The fourth-order valence-electron chi connectivity index (χ4n) is 1.40. The van der Waals surface area contributed by atoms with Crippen molar-refractivity contribution in [1.29, 1.82) is 0 Å². The van der Waals surface area contributed by atoms with Crippen LogP contribution in [0.5, 0.6) is 0 Å². The van der Waals surface area contributed by atoms with E-state index >= 15 is 0 Å². The Morgan fingerprint density at radius 1 is 1.41 bits per heavy atom. The minimum atomic E-state index is -0.561. The maximum atomic E-state index is 11.7. The van der Waals surface area contributed by atoms with Crippen LogP contribution in [0.4, 0.5) is 5.13 Å². The lowest BCUT2D eigenvalue weighted by Gasteiger charge is -2.15. The molecule has 2 aromatic rings. The third-order valence-electron chi connectivity index (χ3n) is 2.20. The van der Waals surface area contributed by atoms with Crippen molar-refractivity contribution in [3.63, 3.8) is 0 Å². The maximum Gasteiger partial charge on any atom is 0.333 e. The predicted molar refractivity (Wildman–Crippen MR) is 64.7 cm³/mol. The molecule has 0 amide bonds. The van der Waals surface area contributed by atoms with Crippen molar-refractivity contribution in [2.75, 3.05) is 12.4 Å². The number of carbonyl (C=O) groups excluding carboxylic acids is 1. The van der Waals surface area contributed by atoms with Gasteiger partial charge in [-0.25, -0.2) is 9.78 Å². The number of carbonyl (C=O) groups is 1. The van der Waals surface area contributed by atoms with E-state index in [1.807, 2.05) is 30.3 Å². The van der Waals surface area contributed by atoms with Crippen LogP contribution < -0.4 is 5.32 Å². The molecule has 17 heavy (non-hydrogen) atoms. The van der Waals surface area contributed by atoms with Crippen LogP contribution in [0.2, 0.25) is 0 Å². The number of esters is 1. The molecule has 2 rings (SSSR count). The molecule has 88 valence electrons. The third-order valence-corrected chi connectivity index (χ3v) is 2.79. The Kier molecular flexibility index (Phi) is 3.66. The summed E-state index contributed by atoms with van der Waals surface area (Å²) in [5.41, 5.74) is 0.828. The highest BCUT2D eigenvalue weighted by molar-refractivity contribution is 7.09. The molecule has 0 aliphatic carbocycles. The predicted octanol–water partition coefficient (Wildman–Crippen LogP) is 1.86. The lowest BCUT2D eigenvalue weighted by Crippen LogP contribution is -2.22. The Bertz CT molecular complexity index is 473. The normalized spacial score (nSPS) is 11.8. The topological polar surface area (TPSA) is 64.1 Å². The average molecular weight is 249 g/mol. The Morgan fingerprint density at radius 2 is 2.18 bits per heavy atom. The van der Waals surface area contributed by atoms with Crippen molar-refractivity contribution in [1.82, 2.24) is 9.36 Å². The molecule has 1 N–H and O–H groups in total. The van der Waals surface area contributed by atoms with E-state index in [-0.39, 0.29) is 5.97 Å². The quantitative estimate of drug-likeness (QED) is 0.838. The first-order valence-electron chi connectivity index (χ1n) is 4.97. The van der Waals surface area contributed by atoms with Crippen LogP contribution in [0.15, 0.2) is 36.7 Å². The van der Waals surface area contributed by atoms with Gasteiger partial charge in [0, 0.05) is 11.5 Å². The second-order valence-electron chi connectivity index (χ2n) is 3.26. The van der Waals surface area contributed by atoms with E-state index < -0.39 is 6.04 Å². The zero-order valence-electron chi connectivity index (χ0n) is 9.16. The van der Waals surface area contributed by atoms with E-state index in [1.54, 1.807) is 0 Å². The van der Waals surface area contributed by atoms with Crippen molar-refractivity contribution >= 4 is 22.6 Å². The van der Waals surface area contributed by atoms with Crippen molar-refractivity contribution in [2.24, 2.45) is 0 Å². The second kappa shape index (κ2) is 5.40. The van der Waals surface area contributed by atoms with Crippen molar-refractivity contribution in [3.8, 4) is 0 Å². The number of hydrogen-bond acceptors (Lipinski definition) is 6. The summed E-state index contributed by atoms with van der Waals surface area (Å²) < 4.78 is 8.64. The Morgan fingerprint density at radius 3 is 2.76 bits per heavy atom. The SMILES string of the molecule is COC(=O)C(Nc1ncns1)c1ccccc1. The summed E-state index contributed by atoms with van der Waals surface area (Å²) in [6.45, 7) is 0. The zero-order chi connectivity index (χ0) is 12.1. The van der Waals surface area contributed by atoms with E-state index in [4.69, 9.17) is 4.74 Å². The van der Waals surface area contributed by atoms with Crippen LogP contribution in [0.3, 0.4) is 0 Å². The van der Waals surface area contributed by atoms with E-state index in [0.717, 1.165) is 5.56 Å². The molecule has 0 aliphatic rings. The fourth-order valence-corrected chi connectivity index (χ4v) is 1.86. The molecular formula is C11H11N3O2S. The molecule has 0 saturated heterocycles. The van der Waals surface area contributed by atoms with Crippen LogP contribution in [0, 0.1) is 0 Å². The number of rotatable bonds is 4. The maximum absolute atomic E-state index is 11.7. The first-order valence-corrected chi connectivity index (χ1v) is 5.74. The molecule has 0 fully saturated rings. The number of nitrogens with one attached hydrogen (secondary N) is 1. The average Bonchev–Trinajstić information content (AvgIpc) is 2.89. The summed E-state index contributed by atoms with van der Waals surface area (Å²) >= 11 is 1.19. The Hall–Kier alpha value is -1.95. The number of ether oxygens (including phenoxy) is 1. The van der Waals surface area contributed by atoms with Gasteiger partial charge in [-0.1, -0.05) is 30.3 Å². The summed E-state index contributed by atoms with van der Waals surface area (Å²) in [6.07, 6.45) is 1.44. The molecule has 1 atom stereocenters. The van der Waals surface area contributed by atoms with Crippen molar-refractivity contribution in [3.05, 3.63) is 42.2 Å². The Labute approximate surface area is 103 Å². The van der Waals surface area contributed by atoms with Gasteiger partial charge in [0.1, 0.15) is 6.33 Å². The van der Waals surface area contributed by atoms with E-state index in [2.05, 4.69) is 14.7 Å². The minimum Gasteiger partial charge on any atom is -0.467 e. The molecule has 0 radical (unpaired) electrons. The molecular weight excluding hydrogens is 238 g/mol. The first kappa shape index (κ1) is 11.5. The smallest absolute Gasteiger partial charge is 0.333 e. The number of hydrogen-bond donors (Lipinski definition) is 1. The molecule has 0 spiro atoms. The fraction of sp³-hybridized carbons (Fsp3) is 0.182. The van der Waals surface area contributed by atoms with Gasteiger partial charge in [-0.2, -0.15) is 4.37 Å². The number of benzene rings is 1. The molecule has 0 bridgehead atoms. The number of nitrogens with zero attached hydrogens (tertiary/aromatic N) is 2. The standard InChI is InChI=1S/C11H11N3O2S/c1-16-10(15)9(8-5-3-2-4-6-8)14-11-12-7-13-17-11/h2-7,9H,1H3,(H,12,13,14). The summed E-state index contributed by atoms with van der Waals surface area (Å²) in [5, 5.41) is 3.58. The summed E-state index contributed by atoms with van der Waals surface area (Å²) in [7, 11) is 1.36. The van der Waals surface area contributed by atoms with Crippen LogP contribution in [0.1, 0.15) is 11.6 Å². The van der Waals surface area contributed by atoms with Gasteiger partial charge in [-0.05, 0) is 5.56 Å². The van der Waals surface area contributed by atoms with Gasteiger partial charge < -0.3 is 10.1 Å². The van der Waals surface area contributed by atoms with Gasteiger partial charge in [0.2, 0.25) is 5.13 Å². The lowest BCUT2D eigenvalue weighted by molar-refractivity contribution is -0.141. The van der Waals surface area contributed by atoms with E-state index in [9.17, 15) is 4.79 Å². The summed E-state index contributed by atoms with van der Waals surface area (Å²) in [6, 6.07) is 8.78. The largest absolute Gasteiger partial charge is 0.467 e. The van der Waals surface area contributed by atoms with Crippen LogP contribution in [0.25, 0.3) is 0 Å². The molecule has 1 aromatic heterocycles. The van der Waals surface area contributed by atoms with Crippen molar-refractivity contribution < 1.29 is 9.53 Å². The zero-order valence-corrected chi connectivity index (χ0v) is 9.98. The number of methoxy groups -OCH3 is 1. The summed E-state index contributed by atoms with van der Waals surface area (Å²) in [5.74, 6) is -0.355. The number of anilines is 1. The van der Waals surface area contributed by atoms with Crippen LogP contribution >= 0.6 is 11.5 Å².